The molecule has 24 heavy (non-hydrogen) atoms. The van der Waals surface area contributed by atoms with Crippen molar-refractivity contribution in [3.8, 4) is 0 Å². The van der Waals surface area contributed by atoms with Gasteiger partial charge in [-0.1, -0.05) is 0 Å². The number of benzene rings is 1. The first-order chi connectivity index (χ1) is 11.5. The SMILES string of the molecule is C[C@H](CO)Nc1nc(Nc2ccc(F)c(F)c2F)cc(C2CC2)n1. The van der Waals surface area contributed by atoms with Gasteiger partial charge in [-0.2, -0.15) is 4.98 Å². The van der Waals surface area contributed by atoms with Gasteiger partial charge in [0.2, 0.25) is 5.95 Å². The summed E-state index contributed by atoms with van der Waals surface area (Å²) in [5.74, 6) is -3.23. The molecule has 0 amide bonds. The van der Waals surface area contributed by atoms with Crippen molar-refractivity contribution in [2.45, 2.75) is 31.7 Å². The number of hydrogen-bond donors (Lipinski definition) is 3. The molecule has 128 valence electrons. The van der Waals surface area contributed by atoms with Gasteiger partial charge < -0.3 is 15.7 Å². The second-order valence-electron chi connectivity index (χ2n) is 5.85. The quantitative estimate of drug-likeness (QED) is 0.705. The second-order valence-corrected chi connectivity index (χ2v) is 5.85. The van der Waals surface area contributed by atoms with E-state index in [1.807, 2.05) is 0 Å². The Kier molecular flexibility index (Phi) is 4.57. The second kappa shape index (κ2) is 6.64. The summed E-state index contributed by atoms with van der Waals surface area (Å²) in [5.41, 5.74) is 0.568. The average Bonchev–Trinajstić information content (AvgIpc) is 3.40. The highest BCUT2D eigenvalue weighted by Gasteiger charge is 2.26. The number of aromatic nitrogens is 2. The maximum Gasteiger partial charge on any atom is 0.225 e. The number of hydrogen-bond acceptors (Lipinski definition) is 5. The van der Waals surface area contributed by atoms with E-state index < -0.39 is 17.5 Å². The van der Waals surface area contributed by atoms with Gasteiger partial charge in [0.1, 0.15) is 5.82 Å². The lowest BCUT2D eigenvalue weighted by Gasteiger charge is -2.14. The third-order valence-corrected chi connectivity index (χ3v) is 3.69. The Balaban J connectivity index is 1.90. The van der Waals surface area contributed by atoms with Gasteiger partial charge in [0, 0.05) is 18.0 Å². The van der Waals surface area contributed by atoms with Gasteiger partial charge in [-0.15, -0.1) is 0 Å². The molecule has 2 aromatic rings. The van der Waals surface area contributed by atoms with Crippen LogP contribution in [0.25, 0.3) is 0 Å². The summed E-state index contributed by atoms with van der Waals surface area (Å²) in [6, 6.07) is 3.35. The maximum atomic E-state index is 13.8. The van der Waals surface area contributed by atoms with Crippen molar-refractivity contribution < 1.29 is 18.3 Å². The van der Waals surface area contributed by atoms with E-state index in [-0.39, 0.29) is 30.1 Å². The van der Waals surface area contributed by atoms with Crippen molar-refractivity contribution in [1.29, 1.82) is 0 Å². The molecule has 1 saturated carbocycles. The van der Waals surface area contributed by atoms with Gasteiger partial charge in [0.15, 0.2) is 17.5 Å². The lowest BCUT2D eigenvalue weighted by molar-refractivity contribution is 0.281. The first-order valence-corrected chi connectivity index (χ1v) is 7.65. The molecule has 0 bridgehead atoms. The van der Waals surface area contributed by atoms with Crippen LogP contribution < -0.4 is 10.6 Å². The molecule has 0 radical (unpaired) electrons. The smallest absolute Gasteiger partial charge is 0.225 e. The first-order valence-electron chi connectivity index (χ1n) is 7.65. The lowest BCUT2D eigenvalue weighted by atomic mass is 10.2. The van der Waals surface area contributed by atoms with E-state index in [4.69, 9.17) is 5.11 Å². The van der Waals surface area contributed by atoms with Crippen LogP contribution in [0.3, 0.4) is 0 Å². The Bertz CT molecular complexity index is 752. The molecule has 0 aliphatic heterocycles. The van der Waals surface area contributed by atoms with Gasteiger partial charge in [0.05, 0.1) is 18.0 Å². The lowest BCUT2D eigenvalue weighted by Crippen LogP contribution is -2.21. The Morgan fingerprint density at radius 2 is 1.96 bits per heavy atom. The van der Waals surface area contributed by atoms with Crippen LogP contribution in [0.15, 0.2) is 18.2 Å². The highest BCUT2D eigenvalue weighted by molar-refractivity contribution is 5.59. The van der Waals surface area contributed by atoms with E-state index in [0.29, 0.717) is 5.92 Å². The molecule has 3 rings (SSSR count). The molecule has 1 heterocycles. The van der Waals surface area contributed by atoms with Crippen molar-refractivity contribution >= 4 is 17.5 Å². The Morgan fingerprint density at radius 3 is 2.62 bits per heavy atom. The monoisotopic (exact) mass is 338 g/mol. The van der Waals surface area contributed by atoms with Crippen LogP contribution in [0.5, 0.6) is 0 Å². The summed E-state index contributed by atoms with van der Waals surface area (Å²) >= 11 is 0. The van der Waals surface area contributed by atoms with E-state index in [0.717, 1.165) is 30.7 Å². The number of aliphatic hydroxyl groups excluding tert-OH is 1. The number of nitrogens with one attached hydrogen (secondary N) is 2. The predicted molar refractivity (Wildman–Crippen MR) is 83.8 cm³/mol. The number of aliphatic hydroxyl groups is 1. The third kappa shape index (κ3) is 3.59. The van der Waals surface area contributed by atoms with E-state index in [1.54, 1.807) is 13.0 Å². The van der Waals surface area contributed by atoms with Crippen LogP contribution in [-0.2, 0) is 0 Å². The van der Waals surface area contributed by atoms with Gasteiger partial charge in [-0.3, -0.25) is 0 Å². The van der Waals surface area contributed by atoms with E-state index in [1.165, 1.54) is 0 Å². The van der Waals surface area contributed by atoms with Crippen LogP contribution in [-0.4, -0.2) is 27.7 Å². The van der Waals surface area contributed by atoms with Crippen molar-refractivity contribution in [2.75, 3.05) is 17.2 Å². The fraction of sp³-hybridized carbons (Fsp3) is 0.375. The molecular formula is C16H17F3N4O. The summed E-state index contributed by atoms with van der Waals surface area (Å²) in [5, 5.41) is 14.7. The summed E-state index contributed by atoms with van der Waals surface area (Å²) in [7, 11) is 0. The molecule has 8 heteroatoms. The average molecular weight is 338 g/mol. The first kappa shape index (κ1) is 16.5. The van der Waals surface area contributed by atoms with Gasteiger partial charge in [-0.05, 0) is 31.9 Å². The fourth-order valence-corrected chi connectivity index (χ4v) is 2.21. The molecular weight excluding hydrogens is 321 g/mol. The molecule has 1 aliphatic rings. The highest BCUT2D eigenvalue weighted by atomic mass is 19.2. The van der Waals surface area contributed by atoms with Crippen LogP contribution >= 0.6 is 0 Å². The van der Waals surface area contributed by atoms with E-state index >= 15 is 0 Å². The number of halogens is 3. The number of anilines is 3. The number of nitrogens with zero attached hydrogens (tertiary/aromatic N) is 2. The van der Waals surface area contributed by atoms with Crippen molar-refractivity contribution in [3.63, 3.8) is 0 Å². The highest BCUT2D eigenvalue weighted by Crippen LogP contribution is 2.40. The predicted octanol–water partition coefficient (Wildman–Crippen LogP) is 3.31. The number of rotatable bonds is 6. The minimum Gasteiger partial charge on any atom is -0.394 e. The zero-order chi connectivity index (χ0) is 17.3. The molecule has 1 aromatic heterocycles. The van der Waals surface area contributed by atoms with Crippen LogP contribution in [0, 0.1) is 17.5 Å². The molecule has 1 aromatic carbocycles. The van der Waals surface area contributed by atoms with Crippen LogP contribution in [0.4, 0.5) is 30.6 Å². The van der Waals surface area contributed by atoms with Crippen LogP contribution in [0.2, 0.25) is 0 Å². The zero-order valence-corrected chi connectivity index (χ0v) is 13.0. The molecule has 1 aliphatic carbocycles. The summed E-state index contributed by atoms with van der Waals surface area (Å²) in [4.78, 5) is 8.57. The molecule has 1 fully saturated rings. The topological polar surface area (TPSA) is 70.1 Å². The van der Waals surface area contributed by atoms with Gasteiger partial charge in [-0.25, -0.2) is 18.2 Å². The minimum absolute atomic E-state index is 0.0996. The molecule has 3 N–H and O–H groups in total. The molecule has 1 atom stereocenters. The Hall–Kier alpha value is -2.35. The summed E-state index contributed by atoms with van der Waals surface area (Å²) in [6.07, 6.45) is 2.01. The molecule has 5 nitrogen and oxygen atoms in total. The van der Waals surface area contributed by atoms with Gasteiger partial charge >= 0.3 is 0 Å². The Labute approximate surface area is 137 Å². The summed E-state index contributed by atoms with van der Waals surface area (Å²) < 4.78 is 40.2. The van der Waals surface area contributed by atoms with Crippen molar-refractivity contribution in [1.82, 2.24) is 9.97 Å². The fourth-order valence-electron chi connectivity index (χ4n) is 2.21. The van der Waals surface area contributed by atoms with Crippen molar-refractivity contribution in [3.05, 3.63) is 41.3 Å². The van der Waals surface area contributed by atoms with E-state index in [9.17, 15) is 13.2 Å². The Morgan fingerprint density at radius 1 is 1.21 bits per heavy atom. The van der Waals surface area contributed by atoms with E-state index in [2.05, 4.69) is 20.6 Å². The standard InChI is InChI=1S/C16H17F3N4O/c1-8(7-24)20-16-22-12(9-2-3-9)6-13(23-16)21-11-5-4-10(17)14(18)15(11)19/h4-6,8-9,24H,2-3,7H2,1H3,(H2,20,21,22,23)/t8-/m1/s1. The normalized spacial score (nSPS) is 15.2. The van der Waals surface area contributed by atoms with Crippen LogP contribution in [0.1, 0.15) is 31.4 Å². The largest absolute Gasteiger partial charge is 0.394 e. The molecule has 0 spiro atoms. The third-order valence-electron chi connectivity index (χ3n) is 3.69. The molecule has 0 unspecified atom stereocenters. The zero-order valence-electron chi connectivity index (χ0n) is 13.0. The minimum atomic E-state index is -1.54. The van der Waals surface area contributed by atoms with Gasteiger partial charge in [0.25, 0.3) is 0 Å². The van der Waals surface area contributed by atoms with Crippen molar-refractivity contribution in [2.24, 2.45) is 0 Å². The molecule has 0 saturated heterocycles. The summed E-state index contributed by atoms with van der Waals surface area (Å²) in [6.45, 7) is 1.66. The maximum absolute atomic E-state index is 13.8.